The SMILES string of the molecule is Oc1cccc(CC2CCCN2)c1. The zero-order valence-corrected chi connectivity index (χ0v) is 7.66. The first kappa shape index (κ1) is 8.57. The molecule has 2 rings (SSSR count). The second-order valence-electron chi connectivity index (χ2n) is 3.67. The van der Waals surface area contributed by atoms with Crippen molar-refractivity contribution < 1.29 is 5.11 Å². The van der Waals surface area contributed by atoms with Crippen LogP contribution in [-0.4, -0.2) is 17.7 Å². The fourth-order valence-corrected chi connectivity index (χ4v) is 1.90. The minimum atomic E-state index is 0.371. The van der Waals surface area contributed by atoms with Crippen molar-refractivity contribution in [3.63, 3.8) is 0 Å². The molecule has 1 fully saturated rings. The highest BCUT2D eigenvalue weighted by molar-refractivity contribution is 5.27. The van der Waals surface area contributed by atoms with E-state index in [0.29, 0.717) is 11.8 Å². The summed E-state index contributed by atoms with van der Waals surface area (Å²) < 4.78 is 0. The van der Waals surface area contributed by atoms with Gasteiger partial charge in [-0.3, -0.25) is 0 Å². The summed E-state index contributed by atoms with van der Waals surface area (Å²) in [6, 6.07) is 8.15. The fraction of sp³-hybridized carbons (Fsp3) is 0.455. The molecule has 0 radical (unpaired) electrons. The van der Waals surface area contributed by atoms with Crippen molar-refractivity contribution in [1.82, 2.24) is 5.32 Å². The number of hydrogen-bond donors (Lipinski definition) is 2. The molecule has 2 nitrogen and oxygen atoms in total. The van der Waals surface area contributed by atoms with Gasteiger partial charge in [0, 0.05) is 6.04 Å². The van der Waals surface area contributed by atoms with E-state index in [1.807, 2.05) is 12.1 Å². The summed E-state index contributed by atoms with van der Waals surface area (Å²) in [4.78, 5) is 0. The second kappa shape index (κ2) is 3.79. The molecule has 1 unspecified atom stereocenters. The van der Waals surface area contributed by atoms with Crippen molar-refractivity contribution in [3.05, 3.63) is 29.8 Å². The van der Waals surface area contributed by atoms with Crippen molar-refractivity contribution in [2.75, 3.05) is 6.54 Å². The van der Waals surface area contributed by atoms with Crippen molar-refractivity contribution in [2.45, 2.75) is 25.3 Å². The Morgan fingerprint density at radius 1 is 1.46 bits per heavy atom. The molecule has 2 heteroatoms. The molecule has 1 heterocycles. The zero-order chi connectivity index (χ0) is 9.10. The highest BCUT2D eigenvalue weighted by atomic mass is 16.3. The average Bonchev–Trinajstić information content (AvgIpc) is 2.57. The molecule has 1 aromatic rings. The Morgan fingerprint density at radius 2 is 2.38 bits per heavy atom. The molecular weight excluding hydrogens is 162 g/mol. The molecule has 13 heavy (non-hydrogen) atoms. The van der Waals surface area contributed by atoms with Crippen LogP contribution in [0.5, 0.6) is 5.75 Å². The first-order valence-electron chi connectivity index (χ1n) is 4.86. The van der Waals surface area contributed by atoms with Gasteiger partial charge >= 0.3 is 0 Å². The van der Waals surface area contributed by atoms with Gasteiger partial charge in [0.25, 0.3) is 0 Å². The van der Waals surface area contributed by atoms with Gasteiger partial charge in [0.1, 0.15) is 5.75 Å². The summed E-state index contributed by atoms with van der Waals surface area (Å²) in [6.45, 7) is 1.14. The Labute approximate surface area is 78.6 Å². The number of phenolic OH excluding ortho intramolecular Hbond substituents is 1. The van der Waals surface area contributed by atoms with E-state index in [4.69, 9.17) is 0 Å². The Balaban J connectivity index is 2.00. The van der Waals surface area contributed by atoms with Gasteiger partial charge in [-0.15, -0.1) is 0 Å². The lowest BCUT2D eigenvalue weighted by atomic mass is 10.0. The minimum Gasteiger partial charge on any atom is -0.508 e. The van der Waals surface area contributed by atoms with Crippen LogP contribution in [0, 0.1) is 0 Å². The summed E-state index contributed by atoms with van der Waals surface area (Å²) in [5.74, 6) is 0.371. The predicted molar refractivity (Wildman–Crippen MR) is 52.8 cm³/mol. The molecular formula is C11H15NO. The molecule has 1 aromatic carbocycles. The Hall–Kier alpha value is -1.02. The lowest BCUT2D eigenvalue weighted by molar-refractivity contribution is 0.474. The van der Waals surface area contributed by atoms with Crippen molar-refractivity contribution in [2.24, 2.45) is 0 Å². The first-order chi connectivity index (χ1) is 6.34. The largest absolute Gasteiger partial charge is 0.508 e. The van der Waals surface area contributed by atoms with E-state index in [-0.39, 0.29) is 0 Å². The van der Waals surface area contributed by atoms with Gasteiger partial charge in [-0.05, 0) is 43.5 Å². The molecule has 70 valence electrons. The van der Waals surface area contributed by atoms with Crippen molar-refractivity contribution in [1.29, 1.82) is 0 Å². The lowest BCUT2D eigenvalue weighted by Crippen LogP contribution is -2.23. The van der Waals surface area contributed by atoms with Crippen LogP contribution in [0.25, 0.3) is 0 Å². The van der Waals surface area contributed by atoms with E-state index < -0.39 is 0 Å². The number of benzene rings is 1. The lowest BCUT2D eigenvalue weighted by Gasteiger charge is -2.09. The number of rotatable bonds is 2. The third-order valence-electron chi connectivity index (χ3n) is 2.56. The topological polar surface area (TPSA) is 32.3 Å². The normalized spacial score (nSPS) is 22.0. The van der Waals surface area contributed by atoms with Crippen LogP contribution < -0.4 is 5.32 Å². The monoisotopic (exact) mass is 177 g/mol. The van der Waals surface area contributed by atoms with E-state index in [0.717, 1.165) is 13.0 Å². The van der Waals surface area contributed by atoms with Gasteiger partial charge in [0.15, 0.2) is 0 Å². The number of phenols is 1. The molecule has 2 N–H and O–H groups in total. The van der Waals surface area contributed by atoms with Gasteiger partial charge in [-0.25, -0.2) is 0 Å². The van der Waals surface area contributed by atoms with E-state index in [9.17, 15) is 5.11 Å². The molecule has 0 spiro atoms. The highest BCUT2D eigenvalue weighted by Crippen LogP contribution is 2.15. The summed E-state index contributed by atoms with van der Waals surface area (Å²) in [5.41, 5.74) is 1.22. The quantitative estimate of drug-likeness (QED) is 0.720. The second-order valence-corrected chi connectivity index (χ2v) is 3.67. The Kier molecular flexibility index (Phi) is 2.50. The third-order valence-corrected chi connectivity index (χ3v) is 2.56. The molecule has 0 amide bonds. The van der Waals surface area contributed by atoms with Crippen LogP contribution >= 0.6 is 0 Å². The summed E-state index contributed by atoms with van der Waals surface area (Å²) >= 11 is 0. The van der Waals surface area contributed by atoms with E-state index in [1.165, 1.54) is 18.4 Å². The van der Waals surface area contributed by atoms with Crippen LogP contribution in [-0.2, 0) is 6.42 Å². The van der Waals surface area contributed by atoms with Gasteiger partial charge < -0.3 is 10.4 Å². The maximum Gasteiger partial charge on any atom is 0.115 e. The standard InChI is InChI=1S/C11H15NO/c13-11-5-1-3-9(8-11)7-10-4-2-6-12-10/h1,3,5,8,10,12-13H,2,4,6-7H2. The Morgan fingerprint density at radius 3 is 3.08 bits per heavy atom. The maximum atomic E-state index is 9.27. The van der Waals surface area contributed by atoms with Crippen LogP contribution in [0.4, 0.5) is 0 Å². The summed E-state index contributed by atoms with van der Waals surface area (Å²) in [5, 5.41) is 12.7. The number of hydrogen-bond acceptors (Lipinski definition) is 2. The van der Waals surface area contributed by atoms with E-state index >= 15 is 0 Å². The number of aromatic hydroxyl groups is 1. The molecule has 0 aromatic heterocycles. The van der Waals surface area contributed by atoms with Gasteiger partial charge in [-0.2, -0.15) is 0 Å². The van der Waals surface area contributed by atoms with E-state index in [2.05, 4.69) is 11.4 Å². The zero-order valence-electron chi connectivity index (χ0n) is 7.66. The first-order valence-corrected chi connectivity index (χ1v) is 4.86. The summed E-state index contributed by atoms with van der Waals surface area (Å²) in [7, 11) is 0. The molecule has 1 atom stereocenters. The minimum absolute atomic E-state index is 0.371. The van der Waals surface area contributed by atoms with Gasteiger partial charge in [0.05, 0.1) is 0 Å². The average molecular weight is 177 g/mol. The van der Waals surface area contributed by atoms with Crippen LogP contribution in [0.3, 0.4) is 0 Å². The molecule has 1 aliphatic rings. The van der Waals surface area contributed by atoms with Crippen LogP contribution in [0.2, 0.25) is 0 Å². The van der Waals surface area contributed by atoms with Crippen LogP contribution in [0.1, 0.15) is 18.4 Å². The van der Waals surface area contributed by atoms with Crippen LogP contribution in [0.15, 0.2) is 24.3 Å². The third kappa shape index (κ3) is 2.22. The molecule has 1 aliphatic heterocycles. The van der Waals surface area contributed by atoms with Gasteiger partial charge in [-0.1, -0.05) is 12.1 Å². The number of nitrogens with one attached hydrogen (secondary N) is 1. The van der Waals surface area contributed by atoms with Crippen molar-refractivity contribution >= 4 is 0 Å². The molecule has 0 saturated carbocycles. The summed E-state index contributed by atoms with van der Waals surface area (Å²) in [6.07, 6.45) is 3.58. The maximum absolute atomic E-state index is 9.27. The molecule has 0 bridgehead atoms. The smallest absolute Gasteiger partial charge is 0.115 e. The Bertz CT molecular complexity index is 279. The fourth-order valence-electron chi connectivity index (χ4n) is 1.90. The highest BCUT2D eigenvalue weighted by Gasteiger charge is 2.13. The van der Waals surface area contributed by atoms with E-state index in [1.54, 1.807) is 6.07 Å². The van der Waals surface area contributed by atoms with Gasteiger partial charge in [0.2, 0.25) is 0 Å². The molecule has 0 aliphatic carbocycles. The predicted octanol–water partition coefficient (Wildman–Crippen LogP) is 1.69. The van der Waals surface area contributed by atoms with Crippen molar-refractivity contribution in [3.8, 4) is 5.75 Å². The molecule has 1 saturated heterocycles.